The van der Waals surface area contributed by atoms with E-state index in [9.17, 15) is 20.8 Å². The molecule has 0 aromatic rings. The Bertz CT molecular complexity index is 1240. The zero-order valence-electron chi connectivity index (χ0n) is 30.2. The maximum absolute atomic E-state index is 15.1. The van der Waals surface area contributed by atoms with Crippen LogP contribution in [0.15, 0.2) is 0 Å². The molecule has 44 heavy (non-hydrogen) atoms. The Morgan fingerprint density at radius 2 is 0.500 bits per heavy atom. The molecule has 0 saturated carbocycles. The van der Waals surface area contributed by atoms with Gasteiger partial charge in [-0.1, -0.05) is 0 Å². The van der Waals surface area contributed by atoms with Crippen molar-refractivity contribution in [3.05, 3.63) is 20.8 Å². The number of hydrogen-bond donors (Lipinski definition) is 0. The van der Waals surface area contributed by atoms with Crippen molar-refractivity contribution in [3.63, 3.8) is 0 Å². The first kappa shape index (κ1) is 41.8. The molecule has 0 spiro atoms. The van der Waals surface area contributed by atoms with E-state index in [2.05, 4.69) is 0 Å². The normalized spacial score (nSPS) is 19.4. The van der Waals surface area contributed by atoms with E-state index in [-0.39, 0.29) is 19.0 Å². The summed E-state index contributed by atoms with van der Waals surface area (Å²) in [5.74, 6) is 0. The van der Waals surface area contributed by atoms with Crippen molar-refractivity contribution < 1.29 is 35.8 Å². The number of sulfone groups is 2. The van der Waals surface area contributed by atoms with Crippen LogP contribution in [0.4, 0.5) is 0 Å². The van der Waals surface area contributed by atoms with Gasteiger partial charge in [-0.3, -0.25) is 0 Å². The van der Waals surface area contributed by atoms with Gasteiger partial charge in [0.2, 0.25) is 0 Å². The highest BCUT2D eigenvalue weighted by atomic mass is 32.2. The van der Waals surface area contributed by atoms with Crippen molar-refractivity contribution in [3.8, 4) is 0 Å². The lowest BCUT2D eigenvalue weighted by Crippen LogP contribution is -2.75. The van der Waals surface area contributed by atoms with Crippen LogP contribution in [0.5, 0.6) is 0 Å². The molecule has 14 heteroatoms. The Morgan fingerprint density at radius 1 is 0.364 bits per heavy atom. The highest BCUT2D eigenvalue weighted by molar-refractivity contribution is 8.00. The number of rotatable bonds is 7. The predicted octanol–water partition coefficient (Wildman–Crippen LogP) is 4.41. The van der Waals surface area contributed by atoms with E-state index in [0.29, 0.717) is 24.9 Å². The second-order valence-corrected chi connectivity index (χ2v) is 23.1. The van der Waals surface area contributed by atoms with Crippen LogP contribution in [-0.4, -0.2) is 102 Å². The predicted molar refractivity (Wildman–Crippen MR) is 181 cm³/mol. The molecule has 0 N–H and O–H groups in total. The third-order valence-electron chi connectivity index (χ3n) is 6.99. The van der Waals surface area contributed by atoms with Crippen molar-refractivity contribution in [2.24, 2.45) is 0 Å². The van der Waals surface area contributed by atoms with Crippen molar-refractivity contribution in [1.82, 2.24) is 0 Å². The minimum atomic E-state index is -5.06. The Kier molecular flexibility index (Phi) is 11.3. The zero-order valence-corrected chi connectivity index (χ0v) is 31.8. The average molecular weight is 667 g/mol. The number of nitrogens with zero attached hydrogens (tertiary/aromatic N) is 4. The molecule has 0 aliphatic carbocycles. The molecule has 0 heterocycles. The Labute approximate surface area is 266 Å². The van der Waals surface area contributed by atoms with Gasteiger partial charge in [0.1, 0.15) is 0 Å². The topological polar surface area (TPSA) is 173 Å². The van der Waals surface area contributed by atoms with E-state index >= 15 is 16.8 Å². The highest BCUT2D eigenvalue weighted by Gasteiger charge is 2.77. The molecule has 0 bridgehead atoms. The standard InChI is InChI=1S/C30H58N4O8S2/c1-23(2,3)31(35)19-29(20-32(36)24(4,5)6,43(39,40)27(13,14)15)30(21-33(37)25(7,8)9,22-34(38)26(10,11)12)44(41,42)28(16,17)18/h19-22H,1-18H3. The van der Waals surface area contributed by atoms with E-state index in [0.717, 1.165) is 0 Å². The summed E-state index contributed by atoms with van der Waals surface area (Å²) in [6.07, 6.45) is 2.53. The third kappa shape index (κ3) is 7.94. The van der Waals surface area contributed by atoms with Crippen LogP contribution in [0.3, 0.4) is 0 Å². The Hall–Kier alpha value is -2.22. The van der Waals surface area contributed by atoms with Crippen molar-refractivity contribution >= 4 is 44.5 Å². The molecule has 0 fully saturated rings. The van der Waals surface area contributed by atoms with Crippen LogP contribution in [0.2, 0.25) is 0 Å². The molecule has 0 aliphatic rings. The molecule has 0 atom stereocenters. The Balaban J connectivity index is 10.2. The lowest BCUT2D eigenvalue weighted by atomic mass is 9.91. The second kappa shape index (κ2) is 11.9. The summed E-state index contributed by atoms with van der Waals surface area (Å²) >= 11 is 0. The maximum Gasteiger partial charge on any atom is 0.264 e. The van der Waals surface area contributed by atoms with Gasteiger partial charge < -0.3 is 20.8 Å². The SMILES string of the molecule is CC(C)(C)[N+]([O-])=CC(C=[N+]([O-])C(C)(C)C)(C(C=[N+]([O-])C(C)(C)C)(C=[N+]([O-])C(C)(C)C)S(=O)(=O)C(C)(C)C)S(=O)(=O)C(C)(C)C. The molecule has 0 aromatic heterocycles. The summed E-state index contributed by atoms with van der Waals surface area (Å²) in [7, 11) is -10.1. The van der Waals surface area contributed by atoms with E-state index in [4.69, 9.17) is 0 Å². The van der Waals surface area contributed by atoms with Crippen molar-refractivity contribution in [2.75, 3.05) is 0 Å². The van der Waals surface area contributed by atoms with Gasteiger partial charge in [0.25, 0.3) is 9.49 Å². The van der Waals surface area contributed by atoms with Crippen LogP contribution < -0.4 is 0 Å². The van der Waals surface area contributed by atoms with Crippen molar-refractivity contribution in [2.45, 2.75) is 166 Å². The van der Waals surface area contributed by atoms with E-state index in [1.54, 1.807) is 0 Å². The Morgan fingerprint density at radius 3 is 0.591 bits per heavy atom. The third-order valence-corrected chi connectivity index (χ3v) is 13.2. The molecule has 0 unspecified atom stereocenters. The molecular formula is C30H58N4O8S2. The summed E-state index contributed by atoms with van der Waals surface area (Å²) in [5, 5.41) is 55.7. The summed E-state index contributed by atoms with van der Waals surface area (Å²) in [4.78, 5) is 0. The van der Waals surface area contributed by atoms with Gasteiger partial charge >= 0.3 is 0 Å². The summed E-state index contributed by atoms with van der Waals surface area (Å²) in [5.41, 5.74) is -5.38. The smallest absolute Gasteiger partial charge is 0.264 e. The molecular weight excluding hydrogens is 608 g/mol. The molecule has 0 aliphatic heterocycles. The van der Waals surface area contributed by atoms with E-state index in [1.807, 2.05) is 0 Å². The lowest BCUT2D eigenvalue weighted by Gasteiger charge is -2.43. The second-order valence-electron chi connectivity index (χ2n) is 17.3. The quantitative estimate of drug-likeness (QED) is 0.166. The minimum Gasteiger partial charge on any atom is -0.624 e. The molecule has 0 saturated heterocycles. The molecule has 258 valence electrons. The first-order chi connectivity index (χ1) is 18.8. The number of hydroxylamine groups is 4. The van der Waals surface area contributed by atoms with Gasteiger partial charge in [-0.15, -0.1) is 0 Å². The van der Waals surface area contributed by atoms with Crippen LogP contribution in [0.25, 0.3) is 0 Å². The van der Waals surface area contributed by atoms with Gasteiger partial charge in [-0.05, 0) is 41.5 Å². The maximum atomic E-state index is 15.1. The molecule has 0 radical (unpaired) electrons. The minimum absolute atomic E-state index is 0.260. The van der Waals surface area contributed by atoms with Crippen LogP contribution in [-0.2, 0) is 19.7 Å². The molecule has 12 nitrogen and oxygen atoms in total. The fraction of sp³-hybridized carbons (Fsp3) is 0.867. The first-order valence-electron chi connectivity index (χ1n) is 14.5. The zero-order chi connectivity index (χ0) is 36.1. The van der Waals surface area contributed by atoms with Gasteiger partial charge in [0.05, 0.1) is 9.49 Å². The molecule has 0 amide bonds. The number of hydrogen-bond acceptors (Lipinski definition) is 8. The average Bonchev–Trinajstić information content (AvgIpc) is 2.73. The van der Waals surface area contributed by atoms with E-state index in [1.165, 1.54) is 125 Å². The van der Waals surface area contributed by atoms with Crippen LogP contribution in [0.1, 0.15) is 125 Å². The van der Waals surface area contributed by atoms with Gasteiger partial charge in [-0.2, -0.15) is 0 Å². The summed E-state index contributed by atoms with van der Waals surface area (Å²) in [6.45, 7) is 25.4. The van der Waals surface area contributed by atoms with Gasteiger partial charge in [-0.25, -0.2) is 35.8 Å². The lowest BCUT2D eigenvalue weighted by molar-refractivity contribution is -0.541. The monoisotopic (exact) mass is 666 g/mol. The van der Waals surface area contributed by atoms with Crippen molar-refractivity contribution in [1.29, 1.82) is 0 Å². The van der Waals surface area contributed by atoms with Crippen LogP contribution in [0, 0.1) is 20.8 Å². The van der Waals surface area contributed by atoms with Gasteiger partial charge in [0.15, 0.2) is 66.7 Å². The van der Waals surface area contributed by atoms with E-state index < -0.39 is 60.8 Å². The fourth-order valence-electron chi connectivity index (χ4n) is 3.65. The highest BCUT2D eigenvalue weighted by Crippen LogP contribution is 2.44. The van der Waals surface area contributed by atoms with Gasteiger partial charge in [0, 0.05) is 83.1 Å². The summed E-state index contributed by atoms with van der Waals surface area (Å²) in [6, 6.07) is 0. The van der Waals surface area contributed by atoms with Crippen LogP contribution >= 0.6 is 0 Å². The summed E-state index contributed by atoms with van der Waals surface area (Å²) < 4.78 is 51.7. The largest absolute Gasteiger partial charge is 0.624 e. The first-order valence-corrected chi connectivity index (χ1v) is 17.5. The molecule has 0 rings (SSSR count). The fourth-order valence-corrected chi connectivity index (χ4v) is 8.33. The molecule has 0 aromatic carbocycles.